The average Bonchev–Trinajstić information content (AvgIpc) is 2.72. The number of carbonyl (C=O) groups is 1. The Morgan fingerprint density at radius 1 is 1.22 bits per heavy atom. The molecule has 0 bridgehead atoms. The van der Waals surface area contributed by atoms with Crippen molar-refractivity contribution in [3.63, 3.8) is 0 Å². The fourth-order valence-electron chi connectivity index (χ4n) is 4.09. The smallest absolute Gasteiger partial charge is 0.266 e. The summed E-state index contributed by atoms with van der Waals surface area (Å²) >= 11 is 12.8. The molecule has 166 valence electrons. The summed E-state index contributed by atoms with van der Waals surface area (Å²) in [5.74, 6) is -0.507. The highest BCUT2D eigenvalue weighted by atomic mass is 35.5. The van der Waals surface area contributed by atoms with Crippen LogP contribution in [0.3, 0.4) is 0 Å². The Morgan fingerprint density at radius 3 is 2.59 bits per heavy atom. The number of nitrogens with one attached hydrogen (secondary N) is 1. The summed E-state index contributed by atoms with van der Waals surface area (Å²) in [6.45, 7) is 11.3. The van der Waals surface area contributed by atoms with Crippen LogP contribution in [-0.4, -0.2) is 18.0 Å². The van der Waals surface area contributed by atoms with E-state index in [1.807, 2.05) is 25.1 Å². The van der Waals surface area contributed by atoms with Crippen molar-refractivity contribution in [2.45, 2.75) is 46.6 Å². The van der Waals surface area contributed by atoms with Gasteiger partial charge in [-0.15, -0.1) is 0 Å². The van der Waals surface area contributed by atoms with Gasteiger partial charge in [-0.1, -0.05) is 42.3 Å². The molecule has 0 radical (unpaired) electrons. The lowest BCUT2D eigenvalue weighted by atomic mass is 9.87. The van der Waals surface area contributed by atoms with Crippen molar-refractivity contribution >= 4 is 52.1 Å². The predicted octanol–water partition coefficient (Wildman–Crippen LogP) is 7.26. The molecule has 1 heterocycles. The fourth-order valence-corrected chi connectivity index (χ4v) is 4.48. The van der Waals surface area contributed by atoms with E-state index in [4.69, 9.17) is 23.2 Å². The molecular formula is C26H27Cl2N3O. The van der Waals surface area contributed by atoms with Gasteiger partial charge < -0.3 is 10.2 Å². The maximum absolute atomic E-state index is 12.8. The highest BCUT2D eigenvalue weighted by Gasteiger charge is 2.31. The number of allylic oxidation sites excluding steroid dienone is 1. The zero-order valence-corrected chi connectivity index (χ0v) is 20.5. The van der Waals surface area contributed by atoms with Crippen LogP contribution in [0.1, 0.15) is 50.8 Å². The second-order valence-electron chi connectivity index (χ2n) is 8.56. The maximum Gasteiger partial charge on any atom is 0.266 e. The quantitative estimate of drug-likeness (QED) is 0.371. The van der Waals surface area contributed by atoms with Crippen molar-refractivity contribution in [2.75, 3.05) is 16.8 Å². The van der Waals surface area contributed by atoms with Crippen LogP contribution >= 0.6 is 23.2 Å². The molecule has 0 spiro atoms. The first kappa shape index (κ1) is 23.9. The molecule has 0 aromatic heterocycles. The molecule has 0 atom stereocenters. The van der Waals surface area contributed by atoms with E-state index < -0.39 is 5.91 Å². The van der Waals surface area contributed by atoms with E-state index in [-0.39, 0.29) is 11.1 Å². The Morgan fingerprint density at radius 2 is 1.94 bits per heavy atom. The van der Waals surface area contributed by atoms with Gasteiger partial charge in [-0.25, -0.2) is 0 Å². The van der Waals surface area contributed by atoms with Crippen LogP contribution in [0.4, 0.5) is 11.4 Å². The van der Waals surface area contributed by atoms with Crippen LogP contribution in [0.25, 0.3) is 11.6 Å². The van der Waals surface area contributed by atoms with Crippen molar-refractivity contribution < 1.29 is 4.79 Å². The number of hydrogen-bond acceptors (Lipinski definition) is 3. The largest absolute Gasteiger partial charge is 0.362 e. The van der Waals surface area contributed by atoms with Gasteiger partial charge in [0.15, 0.2) is 0 Å². The molecule has 0 aliphatic carbocycles. The van der Waals surface area contributed by atoms with Crippen molar-refractivity contribution in [1.29, 1.82) is 5.26 Å². The SMILES string of the molecule is CCCN1c2cc(Cl)c(/C=C(\C#N)C(=O)Nc3cccc(Cl)c3C)cc2C(C)=CC1(C)C. The number of nitriles is 1. The Balaban J connectivity index is 2.01. The number of anilines is 2. The van der Waals surface area contributed by atoms with Gasteiger partial charge in [0.25, 0.3) is 5.91 Å². The van der Waals surface area contributed by atoms with E-state index in [9.17, 15) is 10.1 Å². The van der Waals surface area contributed by atoms with Gasteiger partial charge >= 0.3 is 0 Å². The lowest BCUT2D eigenvalue weighted by molar-refractivity contribution is -0.112. The molecule has 2 aromatic carbocycles. The number of halogens is 2. The average molecular weight is 468 g/mol. The molecule has 2 aromatic rings. The van der Waals surface area contributed by atoms with Gasteiger partial charge in [-0.3, -0.25) is 4.79 Å². The second kappa shape index (κ2) is 9.40. The van der Waals surface area contributed by atoms with E-state index in [0.29, 0.717) is 21.3 Å². The first-order chi connectivity index (χ1) is 15.1. The van der Waals surface area contributed by atoms with Gasteiger partial charge in [0.2, 0.25) is 0 Å². The van der Waals surface area contributed by atoms with Crippen LogP contribution in [-0.2, 0) is 4.79 Å². The summed E-state index contributed by atoms with van der Waals surface area (Å²) in [7, 11) is 0. The van der Waals surface area contributed by atoms with Crippen molar-refractivity contribution in [3.05, 3.63) is 68.7 Å². The molecule has 0 saturated carbocycles. The number of benzene rings is 2. The summed E-state index contributed by atoms with van der Waals surface area (Å²) in [6, 6.07) is 11.1. The molecule has 3 rings (SSSR count). The maximum atomic E-state index is 12.8. The van der Waals surface area contributed by atoms with Crippen LogP contribution < -0.4 is 10.2 Å². The van der Waals surface area contributed by atoms with E-state index in [1.54, 1.807) is 18.2 Å². The topological polar surface area (TPSA) is 56.1 Å². The van der Waals surface area contributed by atoms with Gasteiger partial charge in [0.05, 0.1) is 5.54 Å². The minimum Gasteiger partial charge on any atom is -0.362 e. The number of carbonyl (C=O) groups excluding carboxylic acids is 1. The van der Waals surface area contributed by atoms with Crippen LogP contribution in [0.5, 0.6) is 0 Å². The normalized spacial score (nSPS) is 15.0. The van der Waals surface area contributed by atoms with Gasteiger partial charge in [0, 0.05) is 33.5 Å². The molecule has 6 heteroatoms. The predicted molar refractivity (Wildman–Crippen MR) is 135 cm³/mol. The van der Waals surface area contributed by atoms with Crippen LogP contribution in [0, 0.1) is 18.3 Å². The first-order valence-electron chi connectivity index (χ1n) is 10.6. The van der Waals surface area contributed by atoms with Crippen LogP contribution in [0.2, 0.25) is 10.0 Å². The van der Waals surface area contributed by atoms with Crippen molar-refractivity contribution in [3.8, 4) is 6.07 Å². The van der Waals surface area contributed by atoms with E-state index in [2.05, 4.69) is 44.0 Å². The summed E-state index contributed by atoms with van der Waals surface area (Å²) in [6.07, 6.45) is 4.79. The number of rotatable bonds is 5. The highest BCUT2D eigenvalue weighted by molar-refractivity contribution is 6.33. The number of fused-ring (bicyclic) bond motifs is 1. The minimum absolute atomic E-state index is 0.0330. The third-order valence-electron chi connectivity index (χ3n) is 5.72. The summed E-state index contributed by atoms with van der Waals surface area (Å²) in [4.78, 5) is 15.1. The van der Waals surface area contributed by atoms with Gasteiger partial charge in [0.1, 0.15) is 11.6 Å². The van der Waals surface area contributed by atoms with Crippen LogP contribution in [0.15, 0.2) is 42.0 Å². The second-order valence-corrected chi connectivity index (χ2v) is 9.37. The zero-order chi connectivity index (χ0) is 23.6. The Bertz CT molecular complexity index is 1170. The first-order valence-corrected chi connectivity index (χ1v) is 11.3. The Hall–Kier alpha value is -2.74. The minimum atomic E-state index is -0.507. The molecule has 4 nitrogen and oxygen atoms in total. The number of amides is 1. The lowest BCUT2D eigenvalue weighted by Gasteiger charge is -2.43. The lowest BCUT2D eigenvalue weighted by Crippen LogP contribution is -2.45. The number of nitrogens with zero attached hydrogens (tertiary/aromatic N) is 2. The molecule has 1 aliphatic heterocycles. The third-order valence-corrected chi connectivity index (χ3v) is 6.46. The van der Waals surface area contributed by atoms with E-state index in [1.165, 1.54) is 6.08 Å². The molecule has 0 fully saturated rings. The highest BCUT2D eigenvalue weighted by Crippen LogP contribution is 2.42. The van der Waals surface area contributed by atoms with E-state index >= 15 is 0 Å². The summed E-state index contributed by atoms with van der Waals surface area (Å²) in [5.41, 5.74) is 5.04. The summed E-state index contributed by atoms with van der Waals surface area (Å²) < 4.78 is 0. The molecule has 0 unspecified atom stereocenters. The Labute approximate surface area is 200 Å². The van der Waals surface area contributed by atoms with E-state index in [0.717, 1.165) is 35.4 Å². The van der Waals surface area contributed by atoms with Crippen molar-refractivity contribution in [1.82, 2.24) is 0 Å². The molecule has 1 amide bonds. The Kier molecular flexibility index (Phi) is 7.03. The standard InChI is InChI=1S/C26H27Cl2N3O/c1-6-10-31-24-13-22(28)18(12-20(24)16(2)14-26(31,4)5)11-19(15-29)25(32)30-23-9-7-8-21(27)17(23)3/h7-9,11-14H,6,10H2,1-5H3,(H,30,32)/b19-11+. The summed E-state index contributed by atoms with van der Waals surface area (Å²) in [5, 5.41) is 13.5. The monoisotopic (exact) mass is 467 g/mol. The van der Waals surface area contributed by atoms with Gasteiger partial charge in [-0.05, 0) is 81.2 Å². The molecule has 1 N–H and O–H groups in total. The molecule has 0 saturated heterocycles. The number of hydrogen-bond donors (Lipinski definition) is 1. The van der Waals surface area contributed by atoms with Crippen molar-refractivity contribution in [2.24, 2.45) is 0 Å². The molecule has 1 aliphatic rings. The third kappa shape index (κ3) is 4.70. The van der Waals surface area contributed by atoms with Gasteiger partial charge in [-0.2, -0.15) is 5.26 Å². The molecular weight excluding hydrogens is 441 g/mol. The molecule has 32 heavy (non-hydrogen) atoms. The zero-order valence-electron chi connectivity index (χ0n) is 19.0. The fraction of sp³-hybridized carbons (Fsp3) is 0.308.